The number of alkyl halides is 3. The largest absolute Gasteiger partial charge is 0.631 e. The van der Waals surface area contributed by atoms with Crippen LogP contribution in [-0.2, 0) is 0 Å². The quantitative estimate of drug-likeness (QED) is 0.392. The first-order chi connectivity index (χ1) is 3.73. The summed E-state index contributed by atoms with van der Waals surface area (Å²) in [5.41, 5.74) is 0. The Morgan fingerprint density at radius 3 is 1.11 bits per heavy atom. The molecule has 0 bridgehead atoms. The molecule has 0 aromatic heterocycles. The van der Waals surface area contributed by atoms with Crippen molar-refractivity contribution >= 4 is 56.3 Å². The van der Waals surface area contributed by atoms with Crippen LogP contribution in [0, 0.1) is 0 Å². The first-order valence-electron chi connectivity index (χ1n) is 1.84. The van der Waals surface area contributed by atoms with Gasteiger partial charge in [0.1, 0.15) is 0 Å². The predicted molar refractivity (Wildman–Crippen MR) is 24.2 cm³/mol. The van der Waals surface area contributed by atoms with Crippen LogP contribution in [0.1, 0.15) is 0 Å². The summed E-state index contributed by atoms with van der Waals surface area (Å²) in [4.78, 5) is 0. The van der Waals surface area contributed by atoms with Crippen molar-refractivity contribution < 1.29 is 28.2 Å². The van der Waals surface area contributed by atoms with Crippen molar-refractivity contribution in [2.45, 2.75) is 0.271 Å². The Morgan fingerprint density at radius 1 is 1.11 bits per heavy atom. The van der Waals surface area contributed by atoms with Crippen LogP contribution in [-0.4, -0.2) is 71.6 Å². The molecule has 50 valence electrons. The average molecular weight is 170 g/mol. The Labute approximate surface area is 83.6 Å². The molecular formula is CH3BF3KO3. The normalized spacial score (nSPS) is 9.78. The Hall–Kier alpha value is 1.37. The van der Waals surface area contributed by atoms with Crippen LogP contribution in [0.3, 0.4) is 0 Å². The Kier molecular flexibility index (Phi) is 8.82. The van der Waals surface area contributed by atoms with Gasteiger partial charge >= 0.3 is 69.7 Å². The zero-order valence-corrected chi connectivity index (χ0v) is 7.68. The van der Waals surface area contributed by atoms with Crippen molar-refractivity contribution in [1.29, 1.82) is 0 Å². The molecule has 0 saturated heterocycles. The Bertz CT molecular complexity index is 55.8. The third-order valence-electron chi connectivity index (χ3n) is 0. The van der Waals surface area contributed by atoms with E-state index in [1.807, 2.05) is 0 Å². The molecule has 3 N–H and O–H groups in total. The zero-order valence-electron chi connectivity index (χ0n) is 4.55. The third kappa shape index (κ3) is 271. The van der Waals surface area contributed by atoms with Gasteiger partial charge in [0.15, 0.2) is 0 Å². The number of hydrogen-bond donors (Lipinski definition) is 3. The number of halogens is 3. The zero-order chi connectivity index (χ0) is 8.08. The predicted octanol–water partition coefficient (Wildman–Crippen LogP) is -1.38. The fraction of sp³-hybridized carbons (Fsp3) is 1.00. The van der Waals surface area contributed by atoms with Crippen molar-refractivity contribution in [1.82, 2.24) is 0 Å². The van der Waals surface area contributed by atoms with Crippen molar-refractivity contribution in [3.8, 4) is 0 Å². The van der Waals surface area contributed by atoms with Gasteiger partial charge in [0, 0.05) is 0 Å². The minimum absolute atomic E-state index is 1.00. The molecule has 0 atom stereocenters. The van der Waals surface area contributed by atoms with Crippen molar-refractivity contribution in [3.05, 3.63) is 0 Å². The van der Waals surface area contributed by atoms with Gasteiger partial charge in [0.2, 0.25) is 0 Å². The molecule has 0 spiro atoms. The molecule has 0 unspecified atom stereocenters. The van der Waals surface area contributed by atoms with E-state index in [1.165, 1.54) is 0 Å². The maximum absolute atomic E-state index is 10.4. The first kappa shape index (κ1) is 13.0. The molecule has 0 radical (unpaired) electrons. The van der Waals surface area contributed by atoms with Gasteiger partial charge in [0.05, 0.1) is 0 Å². The van der Waals surface area contributed by atoms with Gasteiger partial charge in [-0.15, -0.1) is 0 Å². The van der Waals surface area contributed by atoms with E-state index >= 15 is 0 Å². The van der Waals surface area contributed by atoms with Crippen LogP contribution in [0.15, 0.2) is 0 Å². The molecule has 8 heteroatoms. The Morgan fingerprint density at radius 2 is 1.11 bits per heavy atom. The summed E-state index contributed by atoms with van der Waals surface area (Å²) in [6, 6.07) is 0. The maximum Gasteiger partial charge on any atom is 0.631 e. The summed E-state index contributed by atoms with van der Waals surface area (Å²) in [7, 11) is -2.17. The second kappa shape index (κ2) is 6.11. The van der Waals surface area contributed by atoms with Gasteiger partial charge in [-0.25, -0.2) is 0 Å². The molecule has 3 nitrogen and oxygen atoms in total. The molecule has 0 heterocycles. The Balaban J connectivity index is 0. The second-order valence-corrected chi connectivity index (χ2v) is 2.90. The summed E-state index contributed by atoms with van der Waals surface area (Å²) in [5.74, 6) is 0. The fourth-order valence-electron chi connectivity index (χ4n) is 0. The molecular weight excluding hydrogens is 167 g/mol. The smallest absolute Gasteiger partial charge is 0.402 e. The van der Waals surface area contributed by atoms with Crippen molar-refractivity contribution in [2.75, 3.05) is 0 Å². The second-order valence-electron chi connectivity index (χ2n) is 1.13. The van der Waals surface area contributed by atoms with Gasteiger partial charge in [-0.2, -0.15) is 0 Å². The third-order valence-corrected chi connectivity index (χ3v) is 0. The molecule has 0 rings (SSSR count). The molecule has 0 aromatic rings. The average Bonchev–Trinajstić information content (AvgIpc) is 1.19. The molecule has 0 aromatic carbocycles. The molecule has 0 amide bonds. The molecule has 9 heavy (non-hydrogen) atoms. The van der Waals surface area contributed by atoms with Gasteiger partial charge in [0.25, 0.3) is 0 Å². The number of rotatable bonds is 0. The van der Waals surface area contributed by atoms with E-state index in [1.54, 1.807) is 0 Å². The molecule has 0 aliphatic carbocycles. The van der Waals surface area contributed by atoms with Crippen LogP contribution < -0.4 is 0 Å². The summed E-state index contributed by atoms with van der Waals surface area (Å²) < 4.78 is 27.5. The molecule has 0 fully saturated rings. The van der Waals surface area contributed by atoms with Gasteiger partial charge < -0.3 is 15.1 Å². The van der Waals surface area contributed by atoms with E-state index in [4.69, 9.17) is 15.1 Å². The molecule has 0 saturated carbocycles. The van der Waals surface area contributed by atoms with Gasteiger partial charge in [-0.05, 0) is 0 Å². The topological polar surface area (TPSA) is 60.7 Å². The summed E-state index contributed by atoms with van der Waals surface area (Å²) >= 11 is -1.00. The van der Waals surface area contributed by atoms with E-state index in [2.05, 4.69) is 0 Å². The maximum atomic E-state index is 10.4. The summed E-state index contributed by atoms with van der Waals surface area (Å²) in [5, 5.41) is 21.5. The SMILES string of the molecule is F[C](F)(F)[K].OB(O)O. The van der Waals surface area contributed by atoms with Crippen molar-refractivity contribution in [3.63, 3.8) is 0 Å². The van der Waals surface area contributed by atoms with E-state index < -0.39 is 56.5 Å². The van der Waals surface area contributed by atoms with E-state index in [9.17, 15) is 13.2 Å². The van der Waals surface area contributed by atoms with Crippen LogP contribution in [0.5, 0.6) is 0 Å². The summed E-state index contributed by atoms with van der Waals surface area (Å²) in [6.45, 7) is 0. The van der Waals surface area contributed by atoms with E-state index in [0.717, 1.165) is 0 Å². The van der Waals surface area contributed by atoms with Crippen LogP contribution in [0.2, 0.25) is 0 Å². The molecule has 0 aliphatic heterocycles. The fourth-order valence-corrected chi connectivity index (χ4v) is 0. The minimum atomic E-state index is -3.81. The van der Waals surface area contributed by atoms with Gasteiger partial charge in [-0.1, -0.05) is 0 Å². The minimum Gasteiger partial charge on any atom is -0.402 e. The van der Waals surface area contributed by atoms with E-state index in [-0.39, 0.29) is 0 Å². The summed E-state index contributed by atoms with van der Waals surface area (Å²) in [6.07, 6.45) is 0. The van der Waals surface area contributed by atoms with Gasteiger partial charge in [-0.3, -0.25) is 0 Å². The van der Waals surface area contributed by atoms with Crippen LogP contribution in [0.4, 0.5) is 13.2 Å². The molecule has 0 aliphatic rings. The first-order valence-corrected chi connectivity index (χ1v) is 3.40. The monoisotopic (exact) mass is 170 g/mol. The van der Waals surface area contributed by atoms with E-state index in [0.29, 0.717) is 0 Å². The van der Waals surface area contributed by atoms with Crippen molar-refractivity contribution in [2.24, 2.45) is 0 Å². The standard InChI is InChI=1S/CF3.BH3O3.K/c2*2-1(3)4;/h;2-4H;. The van der Waals surface area contributed by atoms with Crippen LogP contribution >= 0.6 is 0 Å². The number of hydrogen-bond acceptors (Lipinski definition) is 3. The van der Waals surface area contributed by atoms with Crippen LogP contribution in [0.25, 0.3) is 0 Å².